The zero-order chi connectivity index (χ0) is 44.4. The van der Waals surface area contributed by atoms with Crippen LogP contribution in [-0.2, 0) is 28.6 Å². The van der Waals surface area contributed by atoms with Gasteiger partial charge in [0.2, 0.25) is 0 Å². The summed E-state index contributed by atoms with van der Waals surface area (Å²) in [5.74, 6) is -0.901. The van der Waals surface area contributed by atoms with Crippen molar-refractivity contribution in [1.29, 1.82) is 0 Å². The molecule has 0 amide bonds. The molecule has 0 rings (SSSR count). The van der Waals surface area contributed by atoms with E-state index in [9.17, 15) is 14.4 Å². The van der Waals surface area contributed by atoms with E-state index in [1.165, 1.54) is 122 Å². The lowest BCUT2D eigenvalue weighted by atomic mass is 10.1. The van der Waals surface area contributed by atoms with Gasteiger partial charge in [0.05, 0.1) is 0 Å². The topological polar surface area (TPSA) is 78.9 Å². The molecule has 0 fully saturated rings. The lowest BCUT2D eigenvalue weighted by Crippen LogP contribution is -2.30. The zero-order valence-electron chi connectivity index (χ0n) is 40.2. The van der Waals surface area contributed by atoms with Gasteiger partial charge in [-0.15, -0.1) is 0 Å². The Kier molecular flexibility index (Phi) is 47.4. The number of carbonyl (C=O) groups excluding carboxylic acids is 3. The van der Waals surface area contributed by atoms with E-state index in [4.69, 9.17) is 14.2 Å². The molecule has 0 aliphatic heterocycles. The molecule has 0 spiro atoms. The van der Waals surface area contributed by atoms with Gasteiger partial charge < -0.3 is 14.2 Å². The van der Waals surface area contributed by atoms with Gasteiger partial charge in [-0.1, -0.05) is 210 Å². The number of unbranched alkanes of at least 4 members (excludes halogenated alkanes) is 25. The van der Waals surface area contributed by atoms with E-state index in [-0.39, 0.29) is 31.1 Å². The molecule has 6 heteroatoms. The molecule has 0 aromatic carbocycles. The van der Waals surface area contributed by atoms with Crippen LogP contribution in [0.2, 0.25) is 0 Å². The van der Waals surface area contributed by atoms with Crippen molar-refractivity contribution < 1.29 is 28.6 Å². The van der Waals surface area contributed by atoms with Crippen LogP contribution in [0.15, 0.2) is 60.8 Å². The highest BCUT2D eigenvalue weighted by molar-refractivity contribution is 5.71. The predicted molar refractivity (Wildman–Crippen MR) is 261 cm³/mol. The van der Waals surface area contributed by atoms with Gasteiger partial charge in [-0.05, 0) is 83.5 Å². The summed E-state index contributed by atoms with van der Waals surface area (Å²) >= 11 is 0. The Hall–Kier alpha value is -2.89. The van der Waals surface area contributed by atoms with Crippen LogP contribution in [0.1, 0.15) is 252 Å². The van der Waals surface area contributed by atoms with E-state index in [2.05, 4.69) is 81.5 Å². The minimum atomic E-state index is -0.778. The Balaban J connectivity index is 4.28. The van der Waals surface area contributed by atoms with E-state index in [0.717, 1.165) is 89.9 Å². The van der Waals surface area contributed by atoms with Gasteiger partial charge >= 0.3 is 17.9 Å². The van der Waals surface area contributed by atoms with E-state index in [1.54, 1.807) is 0 Å². The van der Waals surface area contributed by atoms with Crippen molar-refractivity contribution in [2.24, 2.45) is 0 Å². The average molecular weight is 853 g/mol. The summed E-state index contributed by atoms with van der Waals surface area (Å²) in [6, 6.07) is 0. The van der Waals surface area contributed by atoms with Crippen LogP contribution in [-0.4, -0.2) is 37.2 Å². The number of esters is 3. The molecule has 352 valence electrons. The minimum Gasteiger partial charge on any atom is -0.462 e. The molecule has 0 radical (unpaired) electrons. The number of ether oxygens (including phenoxy) is 3. The van der Waals surface area contributed by atoms with Crippen molar-refractivity contribution >= 4 is 17.9 Å². The van der Waals surface area contributed by atoms with Crippen LogP contribution in [0, 0.1) is 0 Å². The second-order valence-corrected chi connectivity index (χ2v) is 17.1. The van der Waals surface area contributed by atoms with Gasteiger partial charge in [-0.3, -0.25) is 14.4 Å². The monoisotopic (exact) mass is 853 g/mol. The standard InChI is InChI=1S/C55H96O6/c1-4-7-10-13-16-18-20-22-24-26-27-29-30-32-34-36-39-42-45-48-54(57)60-51-52(50-59-53(56)47-44-41-38-15-12-9-6-3)61-55(58)49-46-43-40-37-35-33-31-28-25-23-21-19-17-14-11-8-5-2/h7,10,16,18,22-25,27,29,52H,4-6,8-9,11-15,17,19-21,26,28,30-51H2,1-3H3/b10-7-,18-16-,24-22-,25-23-,29-27-. The molecule has 0 aromatic rings. The minimum absolute atomic E-state index is 0.0799. The maximum atomic E-state index is 12.8. The van der Waals surface area contributed by atoms with E-state index in [0.29, 0.717) is 19.3 Å². The largest absolute Gasteiger partial charge is 0.462 e. The van der Waals surface area contributed by atoms with Crippen molar-refractivity contribution in [3.8, 4) is 0 Å². The molecule has 61 heavy (non-hydrogen) atoms. The van der Waals surface area contributed by atoms with Gasteiger partial charge in [0.1, 0.15) is 13.2 Å². The molecular formula is C55H96O6. The van der Waals surface area contributed by atoms with Gasteiger partial charge in [0.15, 0.2) is 6.10 Å². The van der Waals surface area contributed by atoms with Crippen LogP contribution in [0.25, 0.3) is 0 Å². The summed E-state index contributed by atoms with van der Waals surface area (Å²) in [6.07, 6.45) is 60.7. The van der Waals surface area contributed by atoms with E-state index in [1.807, 2.05) is 0 Å². The van der Waals surface area contributed by atoms with Gasteiger partial charge in [0.25, 0.3) is 0 Å². The van der Waals surface area contributed by atoms with Crippen molar-refractivity contribution in [1.82, 2.24) is 0 Å². The second kappa shape index (κ2) is 49.8. The van der Waals surface area contributed by atoms with Crippen LogP contribution >= 0.6 is 0 Å². The first kappa shape index (κ1) is 58.1. The highest BCUT2D eigenvalue weighted by atomic mass is 16.6. The Morgan fingerprint density at radius 1 is 0.344 bits per heavy atom. The molecule has 0 aromatic heterocycles. The van der Waals surface area contributed by atoms with Gasteiger partial charge in [0, 0.05) is 19.3 Å². The summed E-state index contributed by atoms with van der Waals surface area (Å²) < 4.78 is 16.7. The third-order valence-electron chi connectivity index (χ3n) is 11.0. The molecule has 0 aliphatic rings. The SMILES string of the molecule is CC/C=C\C/C=C\C/C=C\C/C=C\CCCCCCCCC(=O)OCC(COC(=O)CCCCCCCCC)OC(=O)CCCCCCCCC/C=C\CCCCCCCC. The first-order chi connectivity index (χ1) is 30.0. The molecule has 6 nitrogen and oxygen atoms in total. The number of carbonyl (C=O) groups is 3. The van der Waals surface area contributed by atoms with Crippen molar-refractivity contribution in [2.75, 3.05) is 13.2 Å². The summed E-state index contributed by atoms with van der Waals surface area (Å²) in [6.45, 7) is 6.47. The smallest absolute Gasteiger partial charge is 0.306 e. The van der Waals surface area contributed by atoms with Gasteiger partial charge in [-0.25, -0.2) is 0 Å². The molecule has 0 N–H and O–H groups in total. The summed E-state index contributed by atoms with van der Waals surface area (Å²) in [5.41, 5.74) is 0. The highest BCUT2D eigenvalue weighted by Crippen LogP contribution is 2.14. The molecule has 0 saturated heterocycles. The third kappa shape index (κ3) is 48.0. The first-order valence-corrected chi connectivity index (χ1v) is 25.8. The molecule has 0 aliphatic carbocycles. The van der Waals surface area contributed by atoms with Crippen LogP contribution in [0.5, 0.6) is 0 Å². The van der Waals surface area contributed by atoms with Crippen LogP contribution in [0.4, 0.5) is 0 Å². The lowest BCUT2D eigenvalue weighted by Gasteiger charge is -2.18. The Morgan fingerprint density at radius 2 is 0.639 bits per heavy atom. The number of hydrogen-bond donors (Lipinski definition) is 0. The Bertz CT molecular complexity index is 1120. The highest BCUT2D eigenvalue weighted by Gasteiger charge is 2.19. The van der Waals surface area contributed by atoms with Crippen LogP contribution in [0.3, 0.4) is 0 Å². The average Bonchev–Trinajstić information content (AvgIpc) is 3.26. The van der Waals surface area contributed by atoms with Crippen molar-refractivity contribution in [2.45, 2.75) is 258 Å². The van der Waals surface area contributed by atoms with E-state index >= 15 is 0 Å². The molecule has 0 bridgehead atoms. The Morgan fingerprint density at radius 3 is 1.02 bits per heavy atom. The predicted octanol–water partition coefficient (Wildman–Crippen LogP) is 16.9. The first-order valence-electron chi connectivity index (χ1n) is 25.8. The maximum Gasteiger partial charge on any atom is 0.306 e. The van der Waals surface area contributed by atoms with Crippen LogP contribution < -0.4 is 0 Å². The molecule has 0 heterocycles. The van der Waals surface area contributed by atoms with Crippen molar-refractivity contribution in [3.63, 3.8) is 0 Å². The number of allylic oxidation sites excluding steroid dienone is 10. The fourth-order valence-electron chi connectivity index (χ4n) is 7.13. The zero-order valence-corrected chi connectivity index (χ0v) is 40.2. The summed E-state index contributed by atoms with van der Waals surface area (Å²) in [4.78, 5) is 37.8. The van der Waals surface area contributed by atoms with Gasteiger partial charge in [-0.2, -0.15) is 0 Å². The molecule has 1 unspecified atom stereocenters. The second-order valence-electron chi connectivity index (χ2n) is 17.1. The molecular weight excluding hydrogens is 757 g/mol. The lowest BCUT2D eigenvalue weighted by molar-refractivity contribution is -0.167. The Labute approximate surface area is 377 Å². The number of hydrogen-bond acceptors (Lipinski definition) is 6. The third-order valence-corrected chi connectivity index (χ3v) is 11.0. The van der Waals surface area contributed by atoms with Crippen molar-refractivity contribution in [3.05, 3.63) is 60.8 Å². The molecule has 1 atom stereocenters. The van der Waals surface area contributed by atoms with E-state index < -0.39 is 6.10 Å². The summed E-state index contributed by atoms with van der Waals surface area (Å²) in [7, 11) is 0. The number of rotatable bonds is 46. The maximum absolute atomic E-state index is 12.8. The fraction of sp³-hybridized carbons (Fsp3) is 0.764. The summed E-state index contributed by atoms with van der Waals surface area (Å²) in [5, 5.41) is 0. The fourth-order valence-corrected chi connectivity index (χ4v) is 7.13. The normalized spacial score (nSPS) is 12.5. The molecule has 0 saturated carbocycles. The quantitative estimate of drug-likeness (QED) is 0.0263.